The maximum atomic E-state index is 5.52. The Labute approximate surface area is 92.4 Å². The molecular formula is C13H21NO. The predicted molar refractivity (Wildman–Crippen MR) is 63.9 cm³/mol. The van der Waals surface area contributed by atoms with Crippen LogP contribution in [0.15, 0.2) is 29.4 Å². The van der Waals surface area contributed by atoms with Gasteiger partial charge in [-0.25, -0.2) is 0 Å². The molecule has 2 nitrogen and oxygen atoms in total. The molecule has 0 saturated heterocycles. The molecule has 0 fully saturated rings. The maximum Gasteiger partial charge on any atom is 0.123 e. The predicted octanol–water partition coefficient (Wildman–Crippen LogP) is 3.59. The zero-order chi connectivity index (χ0) is 11.1. The van der Waals surface area contributed by atoms with E-state index in [0.29, 0.717) is 6.04 Å². The Balaban J connectivity index is 2.57. The number of rotatable bonds is 7. The van der Waals surface area contributed by atoms with Crippen molar-refractivity contribution in [2.24, 2.45) is 0 Å². The molecule has 2 heteroatoms. The third-order valence-electron chi connectivity index (χ3n) is 2.57. The molecule has 0 radical (unpaired) electrons. The molecule has 0 aliphatic rings. The summed E-state index contributed by atoms with van der Waals surface area (Å²) in [5, 5.41) is 3.46. The minimum atomic E-state index is 0.352. The van der Waals surface area contributed by atoms with Gasteiger partial charge in [-0.2, -0.15) is 0 Å². The van der Waals surface area contributed by atoms with Crippen LogP contribution in [-0.2, 0) is 0 Å². The maximum absolute atomic E-state index is 5.52. The molecule has 0 aliphatic carbocycles. The third-order valence-corrected chi connectivity index (χ3v) is 2.57. The van der Waals surface area contributed by atoms with E-state index in [1.54, 1.807) is 6.26 Å². The van der Waals surface area contributed by atoms with Crippen molar-refractivity contribution in [1.29, 1.82) is 0 Å². The van der Waals surface area contributed by atoms with Gasteiger partial charge in [0.25, 0.3) is 0 Å². The summed E-state index contributed by atoms with van der Waals surface area (Å²) in [5.41, 5.74) is 1.24. The SMILES string of the molecule is C=CCCCC(NCC)c1occc1C. The Hall–Kier alpha value is -1.02. The van der Waals surface area contributed by atoms with Crippen LogP contribution in [-0.4, -0.2) is 6.54 Å². The van der Waals surface area contributed by atoms with Crippen LogP contribution in [0.1, 0.15) is 43.6 Å². The fourth-order valence-electron chi connectivity index (χ4n) is 1.78. The molecule has 0 bridgehead atoms. The molecule has 1 heterocycles. The van der Waals surface area contributed by atoms with Crippen molar-refractivity contribution in [2.45, 2.75) is 39.2 Å². The van der Waals surface area contributed by atoms with Gasteiger partial charge in [0.05, 0.1) is 12.3 Å². The minimum absolute atomic E-state index is 0.352. The molecule has 1 N–H and O–H groups in total. The van der Waals surface area contributed by atoms with Crippen molar-refractivity contribution in [2.75, 3.05) is 6.54 Å². The van der Waals surface area contributed by atoms with Crippen molar-refractivity contribution in [3.63, 3.8) is 0 Å². The molecule has 1 unspecified atom stereocenters. The van der Waals surface area contributed by atoms with Crippen LogP contribution in [0.2, 0.25) is 0 Å². The van der Waals surface area contributed by atoms with Crippen LogP contribution in [0, 0.1) is 6.92 Å². The number of hydrogen-bond donors (Lipinski definition) is 1. The number of furan rings is 1. The fraction of sp³-hybridized carbons (Fsp3) is 0.538. The van der Waals surface area contributed by atoms with E-state index >= 15 is 0 Å². The minimum Gasteiger partial charge on any atom is -0.467 e. The summed E-state index contributed by atoms with van der Waals surface area (Å²) in [4.78, 5) is 0. The monoisotopic (exact) mass is 207 g/mol. The van der Waals surface area contributed by atoms with E-state index in [-0.39, 0.29) is 0 Å². The van der Waals surface area contributed by atoms with Crippen LogP contribution in [0.5, 0.6) is 0 Å². The van der Waals surface area contributed by atoms with Gasteiger partial charge in [-0.05, 0) is 44.4 Å². The summed E-state index contributed by atoms with van der Waals surface area (Å²) in [5.74, 6) is 1.08. The molecule has 15 heavy (non-hydrogen) atoms. The van der Waals surface area contributed by atoms with Crippen molar-refractivity contribution in [3.8, 4) is 0 Å². The van der Waals surface area contributed by atoms with Gasteiger partial charge in [0, 0.05) is 0 Å². The summed E-state index contributed by atoms with van der Waals surface area (Å²) in [6.07, 6.45) is 7.07. The summed E-state index contributed by atoms with van der Waals surface area (Å²) >= 11 is 0. The first-order valence-electron chi connectivity index (χ1n) is 5.67. The molecule has 84 valence electrons. The largest absolute Gasteiger partial charge is 0.467 e. The Morgan fingerprint density at radius 2 is 2.40 bits per heavy atom. The van der Waals surface area contributed by atoms with Gasteiger partial charge in [0.15, 0.2) is 0 Å². The molecule has 1 rings (SSSR count). The molecule has 1 atom stereocenters. The van der Waals surface area contributed by atoms with Crippen LogP contribution in [0.4, 0.5) is 0 Å². The lowest BCUT2D eigenvalue weighted by atomic mass is 10.0. The number of nitrogens with one attached hydrogen (secondary N) is 1. The van der Waals surface area contributed by atoms with Gasteiger partial charge in [0.2, 0.25) is 0 Å². The van der Waals surface area contributed by atoms with E-state index in [9.17, 15) is 0 Å². The standard InChI is InChI=1S/C13H21NO/c1-4-6-7-8-12(14-5-2)13-11(3)9-10-15-13/h4,9-10,12,14H,1,5-8H2,2-3H3. The number of hydrogen-bond acceptors (Lipinski definition) is 2. The summed E-state index contributed by atoms with van der Waals surface area (Å²) in [6.45, 7) is 8.93. The lowest BCUT2D eigenvalue weighted by molar-refractivity contribution is 0.393. The van der Waals surface area contributed by atoms with Crippen LogP contribution >= 0.6 is 0 Å². The van der Waals surface area contributed by atoms with Crippen LogP contribution in [0.25, 0.3) is 0 Å². The summed E-state index contributed by atoms with van der Waals surface area (Å²) < 4.78 is 5.52. The number of allylic oxidation sites excluding steroid dienone is 1. The average molecular weight is 207 g/mol. The first kappa shape index (κ1) is 12.1. The van der Waals surface area contributed by atoms with Crippen molar-refractivity contribution < 1.29 is 4.42 Å². The first-order valence-corrected chi connectivity index (χ1v) is 5.67. The highest BCUT2D eigenvalue weighted by molar-refractivity contribution is 5.18. The zero-order valence-corrected chi connectivity index (χ0v) is 9.75. The second-order valence-corrected chi connectivity index (χ2v) is 3.80. The highest BCUT2D eigenvalue weighted by atomic mass is 16.3. The zero-order valence-electron chi connectivity index (χ0n) is 9.75. The Morgan fingerprint density at radius 3 is 2.93 bits per heavy atom. The van der Waals surface area contributed by atoms with E-state index in [1.165, 1.54) is 5.56 Å². The van der Waals surface area contributed by atoms with Gasteiger partial charge in [-0.15, -0.1) is 6.58 Å². The van der Waals surface area contributed by atoms with Crippen molar-refractivity contribution in [3.05, 3.63) is 36.3 Å². The molecule has 0 aliphatic heterocycles. The highest BCUT2D eigenvalue weighted by Crippen LogP contribution is 2.23. The van der Waals surface area contributed by atoms with Gasteiger partial charge < -0.3 is 9.73 Å². The van der Waals surface area contributed by atoms with E-state index in [2.05, 4.69) is 25.7 Å². The molecule has 0 amide bonds. The summed E-state index contributed by atoms with van der Waals surface area (Å²) in [6, 6.07) is 2.37. The van der Waals surface area contributed by atoms with Gasteiger partial charge in [0.1, 0.15) is 5.76 Å². The summed E-state index contributed by atoms with van der Waals surface area (Å²) in [7, 11) is 0. The highest BCUT2D eigenvalue weighted by Gasteiger charge is 2.14. The Bertz CT molecular complexity index is 290. The number of unbranched alkanes of at least 4 members (excludes halogenated alkanes) is 1. The van der Waals surface area contributed by atoms with E-state index in [0.717, 1.165) is 31.6 Å². The molecule has 0 aromatic carbocycles. The second kappa shape index (κ2) is 6.46. The van der Waals surface area contributed by atoms with Gasteiger partial charge >= 0.3 is 0 Å². The fourth-order valence-corrected chi connectivity index (χ4v) is 1.78. The van der Waals surface area contributed by atoms with Crippen LogP contribution in [0.3, 0.4) is 0 Å². The smallest absolute Gasteiger partial charge is 0.123 e. The van der Waals surface area contributed by atoms with E-state index in [4.69, 9.17) is 4.42 Å². The lowest BCUT2D eigenvalue weighted by Crippen LogP contribution is -2.21. The lowest BCUT2D eigenvalue weighted by Gasteiger charge is -2.16. The average Bonchev–Trinajstić information content (AvgIpc) is 2.64. The first-order chi connectivity index (χ1) is 7.29. The van der Waals surface area contributed by atoms with E-state index < -0.39 is 0 Å². The van der Waals surface area contributed by atoms with Crippen molar-refractivity contribution >= 4 is 0 Å². The topological polar surface area (TPSA) is 25.2 Å². The van der Waals surface area contributed by atoms with Crippen molar-refractivity contribution in [1.82, 2.24) is 5.32 Å². The molecular weight excluding hydrogens is 186 g/mol. The molecule has 0 saturated carbocycles. The molecule has 0 spiro atoms. The molecule has 1 aromatic heterocycles. The number of aryl methyl sites for hydroxylation is 1. The Morgan fingerprint density at radius 1 is 1.60 bits per heavy atom. The second-order valence-electron chi connectivity index (χ2n) is 3.80. The Kier molecular flexibility index (Phi) is 5.19. The van der Waals surface area contributed by atoms with Gasteiger partial charge in [-0.1, -0.05) is 13.0 Å². The molecule has 1 aromatic rings. The third kappa shape index (κ3) is 3.56. The van der Waals surface area contributed by atoms with Crippen LogP contribution < -0.4 is 5.32 Å². The van der Waals surface area contributed by atoms with Gasteiger partial charge in [-0.3, -0.25) is 0 Å². The van der Waals surface area contributed by atoms with E-state index in [1.807, 2.05) is 12.1 Å². The normalized spacial score (nSPS) is 12.7. The quantitative estimate of drug-likeness (QED) is 0.546.